The summed E-state index contributed by atoms with van der Waals surface area (Å²) < 4.78 is 5.39. The van der Waals surface area contributed by atoms with Crippen molar-refractivity contribution in [2.45, 2.75) is 0 Å². The van der Waals surface area contributed by atoms with Gasteiger partial charge in [-0.25, -0.2) is 9.97 Å². The first-order chi connectivity index (χ1) is 16.6. The number of ether oxygens (including phenoxy) is 1. The van der Waals surface area contributed by atoms with Crippen LogP contribution in [0.1, 0.15) is 5.56 Å². The van der Waals surface area contributed by atoms with Crippen molar-refractivity contribution in [3.8, 4) is 28.3 Å². The Bertz CT molecular complexity index is 1500. The molecule has 7 heteroatoms. The number of aromatic nitrogens is 3. The number of rotatable bonds is 6. The smallest absolute Gasteiger partial charge is 0.163 e. The van der Waals surface area contributed by atoms with E-state index in [4.69, 9.17) is 25.8 Å². The van der Waals surface area contributed by atoms with Crippen molar-refractivity contribution < 1.29 is 4.74 Å². The number of pyridine rings is 1. The summed E-state index contributed by atoms with van der Waals surface area (Å²) in [6, 6.07) is 23.3. The van der Waals surface area contributed by atoms with Crippen LogP contribution in [0.2, 0.25) is 0 Å². The number of nitrogens with two attached hydrogens (primary N) is 1. The molecule has 0 saturated heterocycles. The average Bonchev–Trinajstić information content (AvgIpc) is 2.90. The number of nitrogens with zero attached hydrogens (tertiary/aromatic N) is 3. The average molecular weight is 447 g/mol. The largest absolute Gasteiger partial charge is 0.497 e. The lowest BCUT2D eigenvalue weighted by molar-refractivity contribution is 0.415. The first kappa shape index (κ1) is 21.1. The van der Waals surface area contributed by atoms with Crippen LogP contribution in [-0.4, -0.2) is 28.3 Å². The van der Waals surface area contributed by atoms with Crippen LogP contribution in [0, 0.1) is 5.41 Å². The maximum atomic E-state index is 7.62. The van der Waals surface area contributed by atoms with E-state index in [-0.39, 0.29) is 0 Å². The van der Waals surface area contributed by atoms with Crippen LogP contribution < -0.4 is 15.8 Å². The van der Waals surface area contributed by atoms with Gasteiger partial charge in [0.1, 0.15) is 11.6 Å². The maximum Gasteiger partial charge on any atom is 0.163 e. The number of methoxy groups -OCH3 is 1. The lowest BCUT2D eigenvalue weighted by Gasteiger charge is -2.13. The molecule has 0 saturated carbocycles. The summed E-state index contributed by atoms with van der Waals surface area (Å²) in [5.74, 6) is 2.01. The molecule has 0 aliphatic carbocycles. The van der Waals surface area contributed by atoms with Crippen LogP contribution in [0.5, 0.6) is 5.75 Å². The van der Waals surface area contributed by atoms with Crippen molar-refractivity contribution in [2.24, 2.45) is 0 Å². The van der Waals surface area contributed by atoms with Crippen molar-refractivity contribution in [1.82, 2.24) is 15.0 Å². The minimum absolute atomic E-state index is 0.546. The summed E-state index contributed by atoms with van der Waals surface area (Å²) in [5, 5.41) is 11.9. The Morgan fingerprint density at radius 3 is 2.56 bits per heavy atom. The molecule has 166 valence electrons. The summed E-state index contributed by atoms with van der Waals surface area (Å²) in [6.07, 6.45) is 4.70. The number of nitrogen functional groups attached to an aromatic ring is 1. The van der Waals surface area contributed by atoms with Crippen molar-refractivity contribution in [2.75, 3.05) is 18.2 Å². The van der Waals surface area contributed by atoms with E-state index in [9.17, 15) is 0 Å². The van der Waals surface area contributed by atoms with Crippen LogP contribution in [0.15, 0.2) is 85.2 Å². The Kier molecular flexibility index (Phi) is 5.58. The van der Waals surface area contributed by atoms with Gasteiger partial charge in [-0.3, -0.25) is 4.98 Å². The Morgan fingerprint density at radius 1 is 0.912 bits per heavy atom. The third-order valence-corrected chi connectivity index (χ3v) is 5.52. The molecule has 4 N–H and O–H groups in total. The highest BCUT2D eigenvalue weighted by Gasteiger charge is 2.12. The monoisotopic (exact) mass is 446 g/mol. The van der Waals surface area contributed by atoms with Gasteiger partial charge in [-0.05, 0) is 65.7 Å². The summed E-state index contributed by atoms with van der Waals surface area (Å²) in [4.78, 5) is 13.8. The quantitative estimate of drug-likeness (QED) is 0.228. The second-order valence-corrected chi connectivity index (χ2v) is 7.71. The number of benzene rings is 3. The van der Waals surface area contributed by atoms with Crippen molar-refractivity contribution in [3.63, 3.8) is 0 Å². The second kappa shape index (κ2) is 8.99. The van der Waals surface area contributed by atoms with Gasteiger partial charge in [0.25, 0.3) is 0 Å². The van der Waals surface area contributed by atoms with Crippen LogP contribution in [-0.2, 0) is 0 Å². The van der Waals surface area contributed by atoms with E-state index in [1.165, 1.54) is 6.21 Å². The molecule has 2 heterocycles. The Balaban J connectivity index is 1.67. The zero-order valence-electron chi connectivity index (χ0n) is 18.5. The molecule has 7 nitrogen and oxygen atoms in total. The maximum absolute atomic E-state index is 7.62. The number of hydrogen-bond acceptors (Lipinski definition) is 7. The number of hydrogen-bond donors (Lipinski definition) is 3. The topological polar surface area (TPSA) is 110 Å². The van der Waals surface area contributed by atoms with Gasteiger partial charge in [0.05, 0.1) is 12.6 Å². The SMILES string of the molecule is COc1cccc(-c2ccc3nc(-c4cccnc4)nc(Nc4ccc(N)c(C=N)c4)c3c2)c1. The zero-order valence-corrected chi connectivity index (χ0v) is 18.5. The van der Waals surface area contributed by atoms with Crippen molar-refractivity contribution >= 4 is 34.3 Å². The molecule has 34 heavy (non-hydrogen) atoms. The molecule has 0 radical (unpaired) electrons. The minimum Gasteiger partial charge on any atom is -0.497 e. The third-order valence-electron chi connectivity index (χ3n) is 5.52. The predicted octanol–water partition coefficient (Wildman–Crippen LogP) is 5.69. The molecule has 5 rings (SSSR count). The Hall–Kier alpha value is -4.78. The molecule has 2 aromatic heterocycles. The molecular formula is C27H22N6O. The summed E-state index contributed by atoms with van der Waals surface area (Å²) in [6.45, 7) is 0. The molecule has 0 aliphatic heterocycles. The van der Waals surface area contributed by atoms with Crippen LogP contribution in [0.4, 0.5) is 17.2 Å². The Labute approximate surface area is 196 Å². The van der Waals surface area contributed by atoms with Crippen LogP contribution in [0.3, 0.4) is 0 Å². The van der Waals surface area contributed by atoms with E-state index in [2.05, 4.69) is 16.4 Å². The van der Waals surface area contributed by atoms with Crippen molar-refractivity contribution in [1.29, 1.82) is 5.41 Å². The fourth-order valence-electron chi connectivity index (χ4n) is 3.74. The van der Waals surface area contributed by atoms with Gasteiger partial charge >= 0.3 is 0 Å². The van der Waals surface area contributed by atoms with Gasteiger partial charge in [0, 0.05) is 46.5 Å². The first-order valence-electron chi connectivity index (χ1n) is 10.7. The predicted molar refractivity (Wildman–Crippen MR) is 137 cm³/mol. The highest BCUT2D eigenvalue weighted by Crippen LogP contribution is 2.32. The van der Waals surface area contributed by atoms with E-state index in [1.54, 1.807) is 25.6 Å². The van der Waals surface area contributed by atoms with Gasteiger partial charge in [0.15, 0.2) is 5.82 Å². The summed E-state index contributed by atoms with van der Waals surface area (Å²) in [5.41, 5.74) is 11.6. The van der Waals surface area contributed by atoms with Crippen LogP contribution >= 0.6 is 0 Å². The zero-order chi connectivity index (χ0) is 23.5. The van der Waals surface area contributed by atoms with Gasteiger partial charge in [0.2, 0.25) is 0 Å². The van der Waals surface area contributed by atoms with E-state index >= 15 is 0 Å². The van der Waals surface area contributed by atoms with Gasteiger partial charge in [-0.1, -0.05) is 18.2 Å². The molecule has 0 amide bonds. The van der Waals surface area contributed by atoms with Gasteiger partial charge < -0.3 is 21.2 Å². The van der Waals surface area contributed by atoms with E-state index < -0.39 is 0 Å². The van der Waals surface area contributed by atoms with Crippen LogP contribution in [0.25, 0.3) is 33.4 Å². The van der Waals surface area contributed by atoms with E-state index in [0.29, 0.717) is 22.9 Å². The van der Waals surface area contributed by atoms with E-state index in [0.717, 1.165) is 39.0 Å². The number of nitrogens with one attached hydrogen (secondary N) is 2. The summed E-state index contributed by atoms with van der Waals surface area (Å²) >= 11 is 0. The fourth-order valence-corrected chi connectivity index (χ4v) is 3.74. The molecule has 0 aliphatic rings. The lowest BCUT2D eigenvalue weighted by atomic mass is 10.0. The molecule has 3 aromatic carbocycles. The number of fused-ring (bicyclic) bond motifs is 1. The Morgan fingerprint density at radius 2 is 1.76 bits per heavy atom. The molecule has 5 aromatic rings. The second-order valence-electron chi connectivity index (χ2n) is 7.71. The lowest BCUT2D eigenvalue weighted by Crippen LogP contribution is -2.01. The fraction of sp³-hybridized carbons (Fsp3) is 0.0370. The minimum atomic E-state index is 0.546. The van der Waals surface area contributed by atoms with Crippen molar-refractivity contribution in [3.05, 3.63) is 90.8 Å². The highest BCUT2D eigenvalue weighted by atomic mass is 16.5. The molecule has 0 unspecified atom stereocenters. The third kappa shape index (κ3) is 4.14. The molecule has 0 fully saturated rings. The van der Waals surface area contributed by atoms with Gasteiger partial charge in [-0.15, -0.1) is 0 Å². The summed E-state index contributed by atoms with van der Waals surface area (Å²) in [7, 11) is 1.66. The highest BCUT2D eigenvalue weighted by molar-refractivity contribution is 5.96. The standard InChI is InChI=1S/C27H22N6O/c1-34-22-6-2-4-17(13-22)18-7-10-25-23(14-18)27(31-21-8-9-24(29)20(12-21)15-28)33-26(32-25)19-5-3-11-30-16-19/h2-16,28H,29H2,1H3,(H,31,32,33). The van der Waals surface area contributed by atoms with Gasteiger partial charge in [-0.2, -0.15) is 0 Å². The molecule has 0 bridgehead atoms. The normalized spacial score (nSPS) is 10.7. The number of anilines is 3. The first-order valence-corrected chi connectivity index (χ1v) is 10.7. The molecular weight excluding hydrogens is 424 g/mol. The molecule has 0 atom stereocenters. The molecule has 0 spiro atoms. The van der Waals surface area contributed by atoms with E-state index in [1.807, 2.05) is 60.7 Å².